The van der Waals surface area contributed by atoms with E-state index >= 15 is 0 Å². The zero-order valence-corrected chi connectivity index (χ0v) is 15.6. The lowest BCUT2D eigenvalue weighted by Gasteiger charge is -2.33. The lowest BCUT2D eigenvalue weighted by Crippen LogP contribution is -2.40. The van der Waals surface area contributed by atoms with Crippen molar-refractivity contribution in [3.05, 3.63) is 35.7 Å². The summed E-state index contributed by atoms with van der Waals surface area (Å²) < 4.78 is 39.5. The van der Waals surface area contributed by atoms with Crippen LogP contribution >= 0.6 is 0 Å². The van der Waals surface area contributed by atoms with E-state index in [2.05, 4.69) is 20.3 Å². The fourth-order valence-electron chi connectivity index (χ4n) is 2.99. The van der Waals surface area contributed by atoms with E-state index in [-0.39, 0.29) is 17.8 Å². The molecule has 3 rings (SSSR count). The Labute approximate surface area is 156 Å². The summed E-state index contributed by atoms with van der Waals surface area (Å²) in [4.78, 5) is 15.9. The van der Waals surface area contributed by atoms with Crippen molar-refractivity contribution in [2.45, 2.75) is 32.0 Å². The lowest BCUT2D eigenvalue weighted by molar-refractivity contribution is -0.141. The van der Waals surface area contributed by atoms with Crippen molar-refractivity contribution < 1.29 is 13.2 Å². The predicted molar refractivity (Wildman–Crippen MR) is 99.2 cm³/mol. The van der Waals surface area contributed by atoms with Crippen LogP contribution in [0.25, 0.3) is 0 Å². The molecule has 0 saturated carbocycles. The Kier molecular flexibility index (Phi) is 5.38. The first-order valence-corrected chi connectivity index (χ1v) is 8.81. The van der Waals surface area contributed by atoms with Gasteiger partial charge in [-0.25, -0.2) is 9.97 Å². The number of rotatable bonds is 4. The third kappa shape index (κ3) is 4.78. The SMILES string of the molecule is Cc1cccc(NC2CCN(c3nc(N(C)C)cc(C(F)(F)F)n3)CC2)n1. The number of aromatic nitrogens is 3. The lowest BCUT2D eigenvalue weighted by atomic mass is 10.1. The van der Waals surface area contributed by atoms with E-state index in [0.29, 0.717) is 13.1 Å². The number of hydrogen-bond donors (Lipinski definition) is 1. The van der Waals surface area contributed by atoms with Crippen LogP contribution in [0.1, 0.15) is 24.2 Å². The smallest absolute Gasteiger partial charge is 0.367 e. The summed E-state index contributed by atoms with van der Waals surface area (Å²) in [5.74, 6) is 1.19. The number of halogens is 3. The van der Waals surface area contributed by atoms with E-state index < -0.39 is 11.9 Å². The van der Waals surface area contributed by atoms with Crippen molar-refractivity contribution in [1.82, 2.24) is 15.0 Å². The minimum Gasteiger partial charge on any atom is -0.367 e. The number of pyridine rings is 1. The molecule has 1 saturated heterocycles. The van der Waals surface area contributed by atoms with Gasteiger partial charge in [0.1, 0.15) is 11.6 Å². The molecule has 2 aromatic rings. The highest BCUT2D eigenvalue weighted by Crippen LogP contribution is 2.31. The molecule has 0 unspecified atom stereocenters. The van der Waals surface area contributed by atoms with Gasteiger partial charge in [-0.2, -0.15) is 18.2 Å². The number of piperidine rings is 1. The van der Waals surface area contributed by atoms with Gasteiger partial charge >= 0.3 is 6.18 Å². The molecule has 0 bridgehead atoms. The molecule has 0 aliphatic carbocycles. The molecule has 1 fully saturated rings. The Morgan fingerprint density at radius 3 is 2.41 bits per heavy atom. The van der Waals surface area contributed by atoms with Crippen LogP contribution in [-0.2, 0) is 6.18 Å². The van der Waals surface area contributed by atoms with Crippen molar-refractivity contribution in [2.24, 2.45) is 0 Å². The van der Waals surface area contributed by atoms with Gasteiger partial charge in [-0.15, -0.1) is 0 Å². The third-order valence-electron chi connectivity index (χ3n) is 4.47. The van der Waals surface area contributed by atoms with Crippen LogP contribution in [-0.4, -0.2) is 48.2 Å². The number of nitrogens with one attached hydrogen (secondary N) is 1. The summed E-state index contributed by atoms with van der Waals surface area (Å²) in [6.45, 7) is 3.09. The fourth-order valence-corrected chi connectivity index (χ4v) is 2.99. The highest BCUT2D eigenvalue weighted by molar-refractivity contribution is 5.46. The van der Waals surface area contributed by atoms with Gasteiger partial charge in [-0.1, -0.05) is 6.07 Å². The summed E-state index contributed by atoms with van der Waals surface area (Å²) >= 11 is 0. The van der Waals surface area contributed by atoms with E-state index in [1.165, 1.54) is 0 Å². The van der Waals surface area contributed by atoms with Crippen LogP contribution in [0, 0.1) is 6.92 Å². The van der Waals surface area contributed by atoms with Gasteiger partial charge in [0.2, 0.25) is 5.95 Å². The van der Waals surface area contributed by atoms with Crippen molar-refractivity contribution in [2.75, 3.05) is 42.3 Å². The van der Waals surface area contributed by atoms with Gasteiger partial charge in [0.05, 0.1) is 0 Å². The van der Waals surface area contributed by atoms with Crippen molar-refractivity contribution in [1.29, 1.82) is 0 Å². The normalized spacial score (nSPS) is 15.7. The first-order chi connectivity index (χ1) is 12.7. The van der Waals surface area contributed by atoms with Crippen LogP contribution in [0.4, 0.5) is 30.8 Å². The van der Waals surface area contributed by atoms with Crippen LogP contribution in [0.2, 0.25) is 0 Å². The molecule has 1 N–H and O–H groups in total. The Hall–Kier alpha value is -2.58. The Bertz CT molecular complexity index is 785. The number of alkyl halides is 3. The Morgan fingerprint density at radius 1 is 1.11 bits per heavy atom. The second-order valence-corrected chi connectivity index (χ2v) is 6.87. The quantitative estimate of drug-likeness (QED) is 0.878. The van der Waals surface area contributed by atoms with Gasteiger partial charge in [0, 0.05) is 45.0 Å². The van der Waals surface area contributed by atoms with E-state index in [1.807, 2.05) is 30.0 Å². The largest absolute Gasteiger partial charge is 0.433 e. The predicted octanol–water partition coefficient (Wildman–Crippen LogP) is 3.35. The number of hydrogen-bond acceptors (Lipinski definition) is 6. The van der Waals surface area contributed by atoms with E-state index in [4.69, 9.17) is 0 Å². The first kappa shape index (κ1) is 19.2. The molecule has 0 radical (unpaired) electrons. The summed E-state index contributed by atoms with van der Waals surface area (Å²) in [6.07, 6.45) is -2.96. The third-order valence-corrected chi connectivity index (χ3v) is 4.47. The molecule has 0 spiro atoms. The molecule has 0 atom stereocenters. The van der Waals surface area contributed by atoms with Crippen molar-refractivity contribution >= 4 is 17.6 Å². The average molecular weight is 380 g/mol. The first-order valence-electron chi connectivity index (χ1n) is 8.81. The minimum absolute atomic E-state index is 0.126. The van der Waals surface area contributed by atoms with Gasteiger partial charge in [0.15, 0.2) is 5.69 Å². The molecule has 0 aromatic carbocycles. The Morgan fingerprint density at radius 2 is 1.81 bits per heavy atom. The monoisotopic (exact) mass is 380 g/mol. The summed E-state index contributed by atoms with van der Waals surface area (Å²) in [5.41, 5.74) is 0.0198. The molecule has 6 nitrogen and oxygen atoms in total. The van der Waals surface area contributed by atoms with Crippen LogP contribution < -0.4 is 15.1 Å². The molecule has 1 aliphatic rings. The summed E-state index contributed by atoms with van der Waals surface area (Å²) in [7, 11) is 3.33. The second-order valence-electron chi connectivity index (χ2n) is 6.87. The molecular formula is C18H23F3N6. The zero-order valence-electron chi connectivity index (χ0n) is 15.6. The van der Waals surface area contributed by atoms with Crippen molar-refractivity contribution in [3.63, 3.8) is 0 Å². The fraction of sp³-hybridized carbons (Fsp3) is 0.500. The molecule has 9 heteroatoms. The molecule has 3 heterocycles. The standard InChI is InChI=1S/C18H23F3N6/c1-12-5-4-6-15(22-12)23-13-7-9-27(10-8-13)17-24-14(18(19,20)21)11-16(25-17)26(2)3/h4-6,11,13H,7-10H2,1-3H3,(H,22,23). The molecular weight excluding hydrogens is 357 g/mol. The molecule has 2 aromatic heterocycles. The molecule has 0 amide bonds. The number of anilines is 3. The highest BCUT2D eigenvalue weighted by atomic mass is 19.4. The Balaban J connectivity index is 1.71. The molecule has 1 aliphatic heterocycles. The van der Waals surface area contributed by atoms with E-state index in [0.717, 1.165) is 30.4 Å². The summed E-state index contributed by atoms with van der Waals surface area (Å²) in [6, 6.07) is 6.98. The van der Waals surface area contributed by atoms with Crippen LogP contribution in [0.5, 0.6) is 0 Å². The second kappa shape index (κ2) is 7.58. The highest BCUT2D eigenvalue weighted by Gasteiger charge is 2.35. The van der Waals surface area contributed by atoms with Gasteiger partial charge in [-0.3, -0.25) is 0 Å². The molecule has 146 valence electrons. The molecule has 27 heavy (non-hydrogen) atoms. The maximum atomic E-state index is 13.2. The van der Waals surface area contributed by atoms with Crippen LogP contribution in [0.15, 0.2) is 24.3 Å². The van der Waals surface area contributed by atoms with Crippen LogP contribution in [0.3, 0.4) is 0 Å². The maximum absolute atomic E-state index is 13.2. The van der Waals surface area contributed by atoms with E-state index in [1.54, 1.807) is 19.0 Å². The van der Waals surface area contributed by atoms with Crippen molar-refractivity contribution in [3.8, 4) is 0 Å². The summed E-state index contributed by atoms with van der Waals surface area (Å²) in [5, 5.41) is 3.39. The van der Waals surface area contributed by atoms with Gasteiger partial charge in [-0.05, 0) is 31.9 Å². The minimum atomic E-state index is -4.50. The maximum Gasteiger partial charge on any atom is 0.433 e. The van der Waals surface area contributed by atoms with Gasteiger partial charge < -0.3 is 15.1 Å². The van der Waals surface area contributed by atoms with Gasteiger partial charge in [0.25, 0.3) is 0 Å². The number of aryl methyl sites for hydroxylation is 1. The number of nitrogens with zero attached hydrogens (tertiary/aromatic N) is 5. The zero-order chi connectivity index (χ0) is 19.6. The topological polar surface area (TPSA) is 57.2 Å². The van der Waals surface area contributed by atoms with E-state index in [9.17, 15) is 13.2 Å². The average Bonchev–Trinajstić information content (AvgIpc) is 2.61.